The molecule has 0 radical (unpaired) electrons. The van der Waals surface area contributed by atoms with Crippen LogP contribution in [0.3, 0.4) is 0 Å². The zero-order chi connectivity index (χ0) is 23.8. The highest BCUT2D eigenvalue weighted by Crippen LogP contribution is 2.30. The molecule has 1 aromatic carbocycles. The van der Waals surface area contributed by atoms with Crippen LogP contribution < -0.4 is 15.1 Å². The molecule has 0 amide bonds. The second-order valence-corrected chi connectivity index (χ2v) is 9.63. The van der Waals surface area contributed by atoms with Crippen molar-refractivity contribution in [2.24, 2.45) is 0 Å². The van der Waals surface area contributed by atoms with E-state index in [-0.39, 0.29) is 12.2 Å². The van der Waals surface area contributed by atoms with Gasteiger partial charge in [0.05, 0.1) is 29.0 Å². The van der Waals surface area contributed by atoms with Crippen molar-refractivity contribution in [3.05, 3.63) is 53.6 Å². The van der Waals surface area contributed by atoms with Gasteiger partial charge in [0.15, 0.2) is 0 Å². The number of piperazine rings is 1. The van der Waals surface area contributed by atoms with Crippen molar-refractivity contribution in [2.45, 2.75) is 32.2 Å². The highest BCUT2D eigenvalue weighted by molar-refractivity contribution is 5.95. The Morgan fingerprint density at radius 3 is 2.80 bits per heavy atom. The van der Waals surface area contributed by atoms with Gasteiger partial charge in [0, 0.05) is 81.7 Å². The van der Waals surface area contributed by atoms with E-state index in [9.17, 15) is 5.26 Å². The molecule has 0 bridgehead atoms. The molecule has 2 unspecified atom stereocenters. The van der Waals surface area contributed by atoms with E-state index >= 15 is 0 Å². The second-order valence-electron chi connectivity index (χ2n) is 9.63. The molecule has 3 aliphatic heterocycles. The van der Waals surface area contributed by atoms with Crippen LogP contribution in [0.15, 0.2) is 36.8 Å². The van der Waals surface area contributed by atoms with Crippen molar-refractivity contribution in [3.8, 4) is 6.07 Å². The van der Waals surface area contributed by atoms with Crippen molar-refractivity contribution < 1.29 is 4.74 Å². The highest BCUT2D eigenvalue weighted by atomic mass is 16.5. The van der Waals surface area contributed by atoms with Gasteiger partial charge in [-0.1, -0.05) is 0 Å². The van der Waals surface area contributed by atoms with Gasteiger partial charge in [0.25, 0.3) is 0 Å². The van der Waals surface area contributed by atoms with Crippen LogP contribution in [-0.2, 0) is 17.8 Å². The molecular weight excluding hydrogens is 440 g/mol. The normalized spacial score (nSPS) is 22.9. The summed E-state index contributed by atoms with van der Waals surface area (Å²) in [6.45, 7) is 10.3. The Kier molecular flexibility index (Phi) is 5.94. The summed E-state index contributed by atoms with van der Waals surface area (Å²) in [7, 11) is 0. The molecule has 0 saturated carbocycles. The average molecular weight is 471 g/mol. The first-order valence-electron chi connectivity index (χ1n) is 12.4. The smallest absolute Gasteiger partial charge is 0.136 e. The maximum atomic E-state index is 9.50. The Morgan fingerprint density at radius 1 is 1.06 bits per heavy atom. The minimum absolute atomic E-state index is 0.125. The van der Waals surface area contributed by atoms with Crippen LogP contribution in [-0.4, -0.2) is 77.9 Å². The third-order valence-electron chi connectivity index (χ3n) is 7.27. The number of nitrogens with zero attached hydrogens (tertiary/aromatic N) is 7. The number of nitriles is 1. The Hall–Kier alpha value is -3.32. The van der Waals surface area contributed by atoms with Gasteiger partial charge in [0.2, 0.25) is 0 Å². The molecule has 0 spiro atoms. The summed E-state index contributed by atoms with van der Waals surface area (Å²) >= 11 is 0. The summed E-state index contributed by atoms with van der Waals surface area (Å²) in [5.74, 6) is 1.09. The molecule has 6 rings (SSSR count). The lowest BCUT2D eigenvalue weighted by Gasteiger charge is -2.42. The number of rotatable bonds is 4. The minimum Gasteiger partial charge on any atom is -0.370 e. The molecular formula is C26H30N8O. The van der Waals surface area contributed by atoms with E-state index in [1.807, 2.05) is 12.1 Å². The van der Waals surface area contributed by atoms with Crippen LogP contribution in [0.2, 0.25) is 0 Å². The van der Waals surface area contributed by atoms with Gasteiger partial charge in [0.1, 0.15) is 18.2 Å². The lowest BCUT2D eigenvalue weighted by atomic mass is 10.1. The Labute approximate surface area is 205 Å². The minimum atomic E-state index is 0.125. The topological polar surface area (TPSA) is 93.4 Å². The number of morpholine rings is 1. The molecule has 5 heterocycles. The molecule has 3 aliphatic rings. The van der Waals surface area contributed by atoms with Crippen molar-refractivity contribution >= 4 is 22.4 Å². The first-order chi connectivity index (χ1) is 17.2. The fourth-order valence-corrected chi connectivity index (χ4v) is 5.65. The van der Waals surface area contributed by atoms with E-state index in [2.05, 4.69) is 60.1 Å². The number of benzene rings is 1. The van der Waals surface area contributed by atoms with Gasteiger partial charge in [-0.25, -0.2) is 9.97 Å². The summed E-state index contributed by atoms with van der Waals surface area (Å²) < 4.78 is 6.38. The van der Waals surface area contributed by atoms with Gasteiger partial charge in [-0.15, -0.1) is 0 Å². The van der Waals surface area contributed by atoms with Crippen molar-refractivity contribution in [2.75, 3.05) is 55.6 Å². The zero-order valence-corrected chi connectivity index (χ0v) is 20.0. The fraction of sp³-hybridized carbons (Fsp3) is 0.462. The lowest BCUT2D eigenvalue weighted by Crippen LogP contribution is -2.54. The number of ether oxygens (including phenoxy) is 1. The number of anilines is 2. The predicted molar refractivity (Wildman–Crippen MR) is 134 cm³/mol. The Balaban J connectivity index is 1.13. The van der Waals surface area contributed by atoms with Crippen LogP contribution in [0.4, 0.5) is 11.5 Å². The summed E-state index contributed by atoms with van der Waals surface area (Å²) in [4.78, 5) is 20.8. The number of pyridine rings is 1. The van der Waals surface area contributed by atoms with Crippen LogP contribution in [0.25, 0.3) is 10.9 Å². The summed E-state index contributed by atoms with van der Waals surface area (Å²) in [5.41, 5.74) is 4.90. The first kappa shape index (κ1) is 22.2. The molecule has 1 N–H and O–H groups in total. The van der Waals surface area contributed by atoms with Crippen LogP contribution in [0.1, 0.15) is 23.7 Å². The number of hydrogen-bond acceptors (Lipinski definition) is 9. The van der Waals surface area contributed by atoms with Gasteiger partial charge in [-0.05, 0) is 31.2 Å². The average Bonchev–Trinajstić information content (AvgIpc) is 3.37. The molecule has 9 heteroatoms. The van der Waals surface area contributed by atoms with Gasteiger partial charge < -0.3 is 19.9 Å². The maximum Gasteiger partial charge on any atom is 0.136 e. The standard InChI is InChI=1S/C26H30N8O/c1-18-14-34(24-5-4-19(11-27)25-21(24)3-2-6-29-25)16-20(35-18)15-32-7-9-33(10-8-32)26-22-12-28-13-23(22)30-17-31-26/h2-6,17-18,20,28H,7-10,12-16H2,1H3. The molecule has 2 fully saturated rings. The molecule has 2 atom stereocenters. The van der Waals surface area contributed by atoms with E-state index in [0.29, 0.717) is 5.56 Å². The van der Waals surface area contributed by atoms with E-state index in [1.165, 1.54) is 5.56 Å². The Morgan fingerprint density at radius 2 is 1.94 bits per heavy atom. The van der Waals surface area contributed by atoms with E-state index in [0.717, 1.165) is 87.0 Å². The third kappa shape index (κ3) is 4.29. The number of hydrogen-bond donors (Lipinski definition) is 1. The molecule has 9 nitrogen and oxygen atoms in total. The number of nitrogens with one attached hydrogen (secondary N) is 1. The van der Waals surface area contributed by atoms with Gasteiger partial charge in [-0.2, -0.15) is 5.26 Å². The van der Waals surface area contributed by atoms with E-state index in [4.69, 9.17) is 4.74 Å². The summed E-state index contributed by atoms with van der Waals surface area (Å²) in [6.07, 6.45) is 3.71. The largest absolute Gasteiger partial charge is 0.370 e. The van der Waals surface area contributed by atoms with Gasteiger partial charge in [-0.3, -0.25) is 9.88 Å². The van der Waals surface area contributed by atoms with Crippen LogP contribution in [0, 0.1) is 11.3 Å². The molecule has 180 valence electrons. The quantitative estimate of drug-likeness (QED) is 0.614. The SMILES string of the molecule is CC1CN(c2ccc(C#N)c3ncccc23)CC(CN2CCN(c3ncnc4c3CNC4)CC2)O1. The fourth-order valence-electron chi connectivity index (χ4n) is 5.65. The zero-order valence-electron chi connectivity index (χ0n) is 20.0. The van der Waals surface area contributed by atoms with E-state index < -0.39 is 0 Å². The predicted octanol–water partition coefficient (Wildman–Crippen LogP) is 1.92. The Bertz CT molecular complexity index is 1270. The third-order valence-corrected chi connectivity index (χ3v) is 7.27. The second kappa shape index (κ2) is 9.38. The van der Waals surface area contributed by atoms with Crippen LogP contribution >= 0.6 is 0 Å². The monoisotopic (exact) mass is 470 g/mol. The molecule has 3 aromatic rings. The number of fused-ring (bicyclic) bond motifs is 2. The molecule has 0 aliphatic carbocycles. The summed E-state index contributed by atoms with van der Waals surface area (Å²) in [6, 6.07) is 10.2. The maximum absolute atomic E-state index is 9.50. The van der Waals surface area contributed by atoms with Crippen molar-refractivity contribution in [1.29, 1.82) is 5.26 Å². The molecule has 35 heavy (non-hydrogen) atoms. The highest BCUT2D eigenvalue weighted by Gasteiger charge is 2.30. The molecule has 2 saturated heterocycles. The van der Waals surface area contributed by atoms with Gasteiger partial charge >= 0.3 is 0 Å². The van der Waals surface area contributed by atoms with Crippen molar-refractivity contribution in [1.82, 2.24) is 25.2 Å². The lowest BCUT2D eigenvalue weighted by molar-refractivity contribution is -0.0327. The number of aromatic nitrogens is 3. The molecule has 2 aromatic heterocycles. The van der Waals surface area contributed by atoms with Crippen LogP contribution in [0.5, 0.6) is 0 Å². The van der Waals surface area contributed by atoms with E-state index in [1.54, 1.807) is 12.5 Å². The van der Waals surface area contributed by atoms with Crippen molar-refractivity contribution in [3.63, 3.8) is 0 Å². The first-order valence-corrected chi connectivity index (χ1v) is 12.4. The summed E-state index contributed by atoms with van der Waals surface area (Å²) in [5, 5.41) is 13.9.